The minimum absolute atomic E-state index is 0.117. The Morgan fingerprint density at radius 2 is 1.79 bits per heavy atom. The minimum Gasteiger partial charge on any atom is -0.495 e. The quantitative estimate of drug-likeness (QED) is 0.820. The summed E-state index contributed by atoms with van der Waals surface area (Å²) in [6.45, 7) is 0.157. The Kier molecular flexibility index (Phi) is 6.26. The molecule has 0 radical (unpaired) electrons. The summed E-state index contributed by atoms with van der Waals surface area (Å²) in [4.78, 5) is 12.0. The maximum atomic E-state index is 12.8. The Morgan fingerprint density at radius 3 is 2.42 bits per heavy atom. The van der Waals surface area contributed by atoms with Crippen LogP contribution in [0.3, 0.4) is 0 Å². The highest BCUT2D eigenvalue weighted by Gasteiger charge is 2.12. The minimum atomic E-state index is -0.344. The Bertz CT molecular complexity index is 706. The second-order valence-electron chi connectivity index (χ2n) is 4.79. The lowest BCUT2D eigenvalue weighted by atomic mass is 10.2. The molecule has 1 amide bonds. The van der Waals surface area contributed by atoms with Gasteiger partial charge in [0, 0.05) is 12.1 Å². The van der Waals surface area contributed by atoms with E-state index in [0.29, 0.717) is 28.0 Å². The normalized spacial score (nSPS) is 10.2. The van der Waals surface area contributed by atoms with E-state index in [0.717, 1.165) is 0 Å². The molecule has 7 heteroatoms. The third kappa shape index (κ3) is 4.76. The smallest absolute Gasteiger partial charge is 0.227 e. The number of methoxy groups -OCH3 is 2. The van der Waals surface area contributed by atoms with E-state index in [4.69, 9.17) is 25.8 Å². The molecule has 0 unspecified atom stereocenters. The Hall–Kier alpha value is -2.47. The summed E-state index contributed by atoms with van der Waals surface area (Å²) < 4.78 is 28.5. The summed E-state index contributed by atoms with van der Waals surface area (Å²) in [6.07, 6.45) is 0.117. The number of hydrogen-bond acceptors (Lipinski definition) is 4. The highest BCUT2D eigenvalue weighted by Crippen LogP contribution is 2.35. The zero-order valence-electron chi connectivity index (χ0n) is 13.3. The number of nitrogens with one attached hydrogen (secondary N) is 1. The van der Waals surface area contributed by atoms with E-state index >= 15 is 0 Å². The van der Waals surface area contributed by atoms with Gasteiger partial charge < -0.3 is 19.5 Å². The highest BCUT2D eigenvalue weighted by atomic mass is 35.5. The van der Waals surface area contributed by atoms with E-state index < -0.39 is 0 Å². The maximum Gasteiger partial charge on any atom is 0.227 e. The molecule has 0 fully saturated rings. The molecule has 0 bridgehead atoms. The topological polar surface area (TPSA) is 56.8 Å². The van der Waals surface area contributed by atoms with E-state index in [9.17, 15) is 9.18 Å². The number of ether oxygens (including phenoxy) is 3. The van der Waals surface area contributed by atoms with Gasteiger partial charge in [-0.3, -0.25) is 4.79 Å². The van der Waals surface area contributed by atoms with Crippen molar-refractivity contribution in [2.75, 3.05) is 26.1 Å². The number of anilines is 1. The molecule has 2 aromatic rings. The van der Waals surface area contributed by atoms with E-state index in [1.807, 2.05) is 0 Å². The second-order valence-corrected chi connectivity index (χ2v) is 5.19. The van der Waals surface area contributed by atoms with Crippen LogP contribution in [0.1, 0.15) is 6.42 Å². The number of carbonyl (C=O) groups excluding carboxylic acids is 1. The number of rotatable bonds is 7. The van der Waals surface area contributed by atoms with Gasteiger partial charge in [-0.15, -0.1) is 0 Å². The van der Waals surface area contributed by atoms with Gasteiger partial charge in [0.1, 0.15) is 23.1 Å². The zero-order valence-corrected chi connectivity index (χ0v) is 14.0. The van der Waals surface area contributed by atoms with Crippen molar-refractivity contribution in [2.24, 2.45) is 0 Å². The van der Waals surface area contributed by atoms with Crippen LogP contribution in [0.5, 0.6) is 17.2 Å². The first-order valence-corrected chi connectivity index (χ1v) is 7.51. The van der Waals surface area contributed by atoms with E-state index in [-0.39, 0.29) is 24.8 Å². The van der Waals surface area contributed by atoms with Gasteiger partial charge in [0.25, 0.3) is 0 Å². The summed E-state index contributed by atoms with van der Waals surface area (Å²) in [7, 11) is 2.96. The number of carbonyl (C=O) groups is 1. The fourth-order valence-electron chi connectivity index (χ4n) is 1.96. The SMILES string of the molecule is COc1cc(NC(=O)CCOc2ccc(F)cc2)c(OC)cc1Cl. The molecule has 2 rings (SSSR count). The first kappa shape index (κ1) is 17.9. The lowest BCUT2D eigenvalue weighted by Crippen LogP contribution is -2.15. The van der Waals surface area contributed by atoms with Crippen LogP contribution in [0.25, 0.3) is 0 Å². The van der Waals surface area contributed by atoms with Crippen LogP contribution in [-0.4, -0.2) is 26.7 Å². The van der Waals surface area contributed by atoms with Crippen LogP contribution in [0.15, 0.2) is 36.4 Å². The van der Waals surface area contributed by atoms with Crippen molar-refractivity contribution in [2.45, 2.75) is 6.42 Å². The van der Waals surface area contributed by atoms with Crippen molar-refractivity contribution in [3.05, 3.63) is 47.2 Å². The average Bonchev–Trinajstić information content (AvgIpc) is 2.57. The summed E-state index contributed by atoms with van der Waals surface area (Å²) in [5.41, 5.74) is 0.450. The summed E-state index contributed by atoms with van der Waals surface area (Å²) in [6, 6.07) is 8.73. The van der Waals surface area contributed by atoms with Gasteiger partial charge in [0.15, 0.2) is 0 Å². The van der Waals surface area contributed by atoms with Crippen molar-refractivity contribution in [3.8, 4) is 17.2 Å². The molecule has 0 aliphatic heterocycles. The van der Waals surface area contributed by atoms with Crippen LogP contribution in [0, 0.1) is 5.82 Å². The van der Waals surface area contributed by atoms with Gasteiger partial charge in [-0.2, -0.15) is 0 Å². The van der Waals surface area contributed by atoms with Crippen molar-refractivity contribution in [1.82, 2.24) is 0 Å². The largest absolute Gasteiger partial charge is 0.495 e. The molecule has 0 aliphatic carbocycles. The molecular formula is C17H17ClFNO4. The molecule has 0 heterocycles. The fraction of sp³-hybridized carbons (Fsp3) is 0.235. The van der Waals surface area contributed by atoms with Gasteiger partial charge in [0.05, 0.1) is 38.0 Å². The lowest BCUT2D eigenvalue weighted by Gasteiger charge is -2.13. The molecule has 5 nitrogen and oxygen atoms in total. The van der Waals surface area contributed by atoms with Gasteiger partial charge >= 0.3 is 0 Å². The second kappa shape index (κ2) is 8.40. The summed E-state index contributed by atoms with van der Waals surface area (Å²) in [5.74, 6) is 0.738. The van der Waals surface area contributed by atoms with Crippen LogP contribution in [-0.2, 0) is 4.79 Å². The van der Waals surface area contributed by atoms with Gasteiger partial charge in [-0.25, -0.2) is 4.39 Å². The third-order valence-corrected chi connectivity index (χ3v) is 3.45. The standard InChI is InChI=1S/C17H17ClFNO4/c1-22-15-10-14(16(23-2)9-13(15)18)20-17(21)7-8-24-12-5-3-11(19)4-6-12/h3-6,9-10H,7-8H2,1-2H3,(H,20,21). The molecule has 0 spiro atoms. The summed E-state index contributed by atoms with van der Waals surface area (Å²) >= 11 is 6.01. The van der Waals surface area contributed by atoms with Gasteiger partial charge in [-0.05, 0) is 24.3 Å². The lowest BCUT2D eigenvalue weighted by molar-refractivity contribution is -0.116. The predicted octanol–water partition coefficient (Wildman–Crippen LogP) is 3.90. The fourth-order valence-corrected chi connectivity index (χ4v) is 2.19. The van der Waals surface area contributed by atoms with Crippen molar-refractivity contribution >= 4 is 23.2 Å². The van der Waals surface area contributed by atoms with Crippen LogP contribution in [0.2, 0.25) is 5.02 Å². The number of halogens is 2. The van der Waals surface area contributed by atoms with Crippen LogP contribution < -0.4 is 19.5 Å². The Balaban J connectivity index is 1.93. The first-order chi connectivity index (χ1) is 11.5. The molecule has 24 heavy (non-hydrogen) atoms. The van der Waals surface area contributed by atoms with E-state index in [1.165, 1.54) is 38.5 Å². The molecule has 0 saturated carbocycles. The van der Waals surface area contributed by atoms with Gasteiger partial charge in [0.2, 0.25) is 5.91 Å². The Morgan fingerprint density at radius 1 is 1.12 bits per heavy atom. The zero-order chi connectivity index (χ0) is 17.5. The van der Waals surface area contributed by atoms with Crippen molar-refractivity contribution in [1.29, 1.82) is 0 Å². The Labute approximate surface area is 144 Å². The highest BCUT2D eigenvalue weighted by molar-refractivity contribution is 6.32. The average molecular weight is 354 g/mol. The number of hydrogen-bond donors (Lipinski definition) is 1. The predicted molar refractivity (Wildman–Crippen MR) is 89.7 cm³/mol. The van der Waals surface area contributed by atoms with Crippen LogP contribution >= 0.6 is 11.6 Å². The molecule has 2 aromatic carbocycles. The number of benzene rings is 2. The number of amides is 1. The monoisotopic (exact) mass is 353 g/mol. The molecule has 128 valence electrons. The van der Waals surface area contributed by atoms with Crippen LogP contribution in [0.4, 0.5) is 10.1 Å². The van der Waals surface area contributed by atoms with E-state index in [2.05, 4.69) is 5.32 Å². The van der Waals surface area contributed by atoms with E-state index in [1.54, 1.807) is 12.1 Å². The molecule has 0 aliphatic rings. The van der Waals surface area contributed by atoms with Gasteiger partial charge in [-0.1, -0.05) is 11.6 Å². The van der Waals surface area contributed by atoms with Crippen molar-refractivity contribution < 1.29 is 23.4 Å². The molecular weight excluding hydrogens is 337 g/mol. The van der Waals surface area contributed by atoms with Crippen molar-refractivity contribution in [3.63, 3.8) is 0 Å². The first-order valence-electron chi connectivity index (χ1n) is 7.13. The molecule has 0 saturated heterocycles. The molecule has 0 aromatic heterocycles. The third-order valence-electron chi connectivity index (χ3n) is 3.16. The molecule has 0 atom stereocenters. The molecule has 1 N–H and O–H groups in total. The maximum absolute atomic E-state index is 12.8. The summed E-state index contributed by atoms with van der Waals surface area (Å²) in [5, 5.41) is 3.10.